The minimum absolute atomic E-state index is 0.170. The number of benzene rings is 1. The lowest BCUT2D eigenvalue weighted by Crippen LogP contribution is -2.24. The van der Waals surface area contributed by atoms with Crippen LogP contribution in [0, 0.1) is 0 Å². The third-order valence-corrected chi connectivity index (χ3v) is 5.26. The molecule has 6 nitrogen and oxygen atoms in total. The fourth-order valence-corrected chi connectivity index (χ4v) is 3.93. The summed E-state index contributed by atoms with van der Waals surface area (Å²) in [5.41, 5.74) is 0.796. The number of aliphatic imine (C=N–C) groups is 1. The molecule has 2 aromatic rings. The lowest BCUT2D eigenvalue weighted by atomic mass is 10.2. The Bertz CT molecular complexity index is 886. The zero-order valence-electron chi connectivity index (χ0n) is 12.4. The van der Waals surface area contributed by atoms with Gasteiger partial charge in [-0.3, -0.25) is 4.99 Å². The molecule has 0 spiro atoms. The van der Waals surface area contributed by atoms with E-state index in [1.54, 1.807) is 18.3 Å². The summed E-state index contributed by atoms with van der Waals surface area (Å²) >= 11 is 6.05. The van der Waals surface area contributed by atoms with E-state index >= 15 is 0 Å². The third kappa shape index (κ3) is 3.26. The molecule has 3 rings (SSSR count). The second-order valence-corrected chi connectivity index (χ2v) is 7.35. The van der Waals surface area contributed by atoms with Crippen LogP contribution in [0.2, 0.25) is 5.02 Å². The van der Waals surface area contributed by atoms with E-state index in [2.05, 4.69) is 21.6 Å². The van der Waals surface area contributed by atoms with Gasteiger partial charge in [0.25, 0.3) is 0 Å². The highest BCUT2D eigenvalue weighted by molar-refractivity contribution is 7.89. The Morgan fingerprint density at radius 2 is 2.30 bits per heavy atom. The van der Waals surface area contributed by atoms with Crippen LogP contribution in [0.3, 0.4) is 0 Å². The molecule has 0 aliphatic carbocycles. The van der Waals surface area contributed by atoms with Gasteiger partial charge in [-0.05, 0) is 18.2 Å². The van der Waals surface area contributed by atoms with Crippen LogP contribution in [-0.2, 0) is 16.6 Å². The predicted molar refractivity (Wildman–Crippen MR) is 92.6 cm³/mol. The van der Waals surface area contributed by atoms with E-state index in [0.29, 0.717) is 17.0 Å². The van der Waals surface area contributed by atoms with E-state index in [1.165, 1.54) is 6.08 Å². The molecule has 0 unspecified atom stereocenters. The Balaban J connectivity index is 2.10. The largest absolute Gasteiger partial charge is 0.370 e. The number of fused-ring (bicyclic) bond motifs is 1. The number of nitrogens with one attached hydrogen (secondary N) is 2. The first-order chi connectivity index (χ1) is 11.0. The van der Waals surface area contributed by atoms with Crippen LogP contribution in [-0.4, -0.2) is 38.5 Å². The average molecular weight is 353 g/mol. The third-order valence-electron chi connectivity index (χ3n) is 3.58. The molecule has 0 saturated heterocycles. The van der Waals surface area contributed by atoms with Gasteiger partial charge in [0.2, 0.25) is 10.0 Å². The number of hydrogen-bond acceptors (Lipinski definition) is 4. The Kier molecular flexibility index (Phi) is 4.43. The fraction of sp³-hybridized carbons (Fsp3) is 0.267. The molecule has 0 atom stereocenters. The van der Waals surface area contributed by atoms with Crippen molar-refractivity contribution in [1.29, 1.82) is 0 Å². The number of nitrogens with zero attached hydrogens (tertiary/aromatic N) is 2. The van der Waals surface area contributed by atoms with Crippen molar-refractivity contribution in [1.82, 2.24) is 14.6 Å². The summed E-state index contributed by atoms with van der Waals surface area (Å²) in [5, 5.41) is 4.27. The van der Waals surface area contributed by atoms with Crippen LogP contribution >= 0.6 is 11.6 Å². The molecule has 8 heteroatoms. The zero-order valence-corrected chi connectivity index (χ0v) is 14.0. The summed E-state index contributed by atoms with van der Waals surface area (Å²) in [5.74, 6) is 0.847. The van der Waals surface area contributed by atoms with Crippen LogP contribution in [0.5, 0.6) is 0 Å². The van der Waals surface area contributed by atoms with E-state index in [9.17, 15) is 8.42 Å². The van der Waals surface area contributed by atoms with E-state index in [-0.39, 0.29) is 11.4 Å². The first-order valence-electron chi connectivity index (χ1n) is 7.17. The van der Waals surface area contributed by atoms with Crippen molar-refractivity contribution < 1.29 is 8.42 Å². The summed E-state index contributed by atoms with van der Waals surface area (Å²) in [7, 11) is -3.64. The van der Waals surface area contributed by atoms with Crippen molar-refractivity contribution in [3.8, 4) is 0 Å². The Hall–Kier alpha value is -1.83. The molecule has 1 aromatic heterocycles. The average Bonchev–Trinajstić information content (AvgIpc) is 3.14. The summed E-state index contributed by atoms with van der Waals surface area (Å²) in [6.45, 7) is 5.75. The van der Waals surface area contributed by atoms with Gasteiger partial charge in [-0.15, -0.1) is 6.58 Å². The molecule has 2 N–H and O–H groups in total. The van der Waals surface area contributed by atoms with E-state index < -0.39 is 10.0 Å². The van der Waals surface area contributed by atoms with Crippen LogP contribution in [0.15, 0.2) is 46.9 Å². The molecule has 0 fully saturated rings. The molecule has 2 heterocycles. The lowest BCUT2D eigenvalue weighted by molar-refractivity contribution is 0.586. The monoisotopic (exact) mass is 352 g/mol. The Morgan fingerprint density at radius 1 is 1.48 bits per heavy atom. The zero-order chi connectivity index (χ0) is 16.4. The fourth-order valence-electron chi connectivity index (χ4n) is 2.54. The van der Waals surface area contributed by atoms with Crippen molar-refractivity contribution in [3.63, 3.8) is 0 Å². The molecule has 1 aliphatic heterocycles. The van der Waals surface area contributed by atoms with Crippen molar-refractivity contribution in [2.45, 2.75) is 11.4 Å². The lowest BCUT2D eigenvalue weighted by Gasteiger charge is -2.05. The van der Waals surface area contributed by atoms with E-state index in [4.69, 9.17) is 11.6 Å². The predicted octanol–water partition coefficient (Wildman–Crippen LogP) is 1.76. The van der Waals surface area contributed by atoms with Gasteiger partial charge >= 0.3 is 0 Å². The normalized spacial score (nSPS) is 14.7. The van der Waals surface area contributed by atoms with Gasteiger partial charge in [0.1, 0.15) is 10.7 Å². The summed E-state index contributed by atoms with van der Waals surface area (Å²) < 4.78 is 29.4. The summed E-state index contributed by atoms with van der Waals surface area (Å²) in [6, 6.07) is 5.23. The van der Waals surface area contributed by atoms with Gasteiger partial charge in [0, 0.05) is 35.2 Å². The maximum atomic E-state index is 12.5. The summed E-state index contributed by atoms with van der Waals surface area (Å²) in [6.07, 6.45) is 3.12. The van der Waals surface area contributed by atoms with Crippen molar-refractivity contribution in [2.24, 2.45) is 4.99 Å². The quantitative estimate of drug-likeness (QED) is 0.778. The highest BCUT2D eigenvalue weighted by Gasteiger charge is 2.21. The number of amidine groups is 1. The van der Waals surface area contributed by atoms with Gasteiger partial charge in [-0.25, -0.2) is 13.1 Å². The molecular formula is C15H17ClN4O2S. The summed E-state index contributed by atoms with van der Waals surface area (Å²) in [4.78, 5) is 4.56. The molecule has 122 valence electrons. The molecular weight excluding hydrogens is 336 g/mol. The number of hydrogen-bond donors (Lipinski definition) is 2. The van der Waals surface area contributed by atoms with E-state index in [1.807, 2.05) is 10.6 Å². The Morgan fingerprint density at radius 3 is 3.00 bits per heavy atom. The maximum absolute atomic E-state index is 12.5. The van der Waals surface area contributed by atoms with Crippen molar-refractivity contribution >= 4 is 38.4 Å². The second-order valence-electron chi connectivity index (χ2n) is 5.18. The number of rotatable bonds is 6. The molecule has 0 radical (unpaired) electrons. The SMILES string of the molecule is C=CCNS(=O)(=O)c1cn(CC2=NCCN2)c2ccc(Cl)cc12. The first kappa shape index (κ1) is 16.0. The molecule has 0 amide bonds. The maximum Gasteiger partial charge on any atom is 0.242 e. The number of sulfonamides is 1. The van der Waals surface area contributed by atoms with Crippen molar-refractivity contribution in [3.05, 3.63) is 42.1 Å². The molecule has 23 heavy (non-hydrogen) atoms. The molecule has 0 saturated carbocycles. The van der Waals surface area contributed by atoms with Gasteiger partial charge in [0.05, 0.1) is 13.1 Å². The van der Waals surface area contributed by atoms with Crippen LogP contribution in [0.25, 0.3) is 10.9 Å². The molecule has 1 aliphatic rings. The standard InChI is InChI=1S/C15H17ClN4O2S/c1-2-5-19-23(21,22)14-9-20(10-15-17-6-7-18-15)13-4-3-11(16)8-12(13)14/h2-4,8-9,19H,1,5-7,10H2,(H,17,18). The minimum atomic E-state index is -3.64. The Labute approximate surface area is 139 Å². The van der Waals surface area contributed by atoms with Gasteiger partial charge in [-0.1, -0.05) is 17.7 Å². The highest BCUT2D eigenvalue weighted by Crippen LogP contribution is 2.28. The highest BCUT2D eigenvalue weighted by atomic mass is 35.5. The minimum Gasteiger partial charge on any atom is -0.370 e. The first-order valence-corrected chi connectivity index (χ1v) is 9.03. The molecule has 0 bridgehead atoms. The number of aromatic nitrogens is 1. The van der Waals surface area contributed by atoms with Gasteiger partial charge < -0.3 is 9.88 Å². The van der Waals surface area contributed by atoms with Crippen LogP contribution in [0.4, 0.5) is 0 Å². The van der Waals surface area contributed by atoms with Crippen LogP contribution in [0.1, 0.15) is 0 Å². The van der Waals surface area contributed by atoms with Crippen molar-refractivity contribution in [2.75, 3.05) is 19.6 Å². The van der Waals surface area contributed by atoms with Gasteiger partial charge in [-0.2, -0.15) is 0 Å². The smallest absolute Gasteiger partial charge is 0.242 e. The van der Waals surface area contributed by atoms with E-state index in [0.717, 1.165) is 24.4 Å². The van der Waals surface area contributed by atoms with Gasteiger partial charge in [0.15, 0.2) is 0 Å². The number of halogens is 1. The second kappa shape index (κ2) is 6.35. The molecule has 1 aromatic carbocycles. The van der Waals surface area contributed by atoms with Crippen LogP contribution < -0.4 is 10.0 Å². The topological polar surface area (TPSA) is 75.5 Å².